The zero-order chi connectivity index (χ0) is 18.3. The summed E-state index contributed by atoms with van der Waals surface area (Å²) in [6.45, 7) is 8.02. The van der Waals surface area contributed by atoms with Crippen LogP contribution in [0.3, 0.4) is 0 Å². The molecule has 0 atom stereocenters. The average molecular weight is 343 g/mol. The van der Waals surface area contributed by atoms with Crippen molar-refractivity contribution in [3.63, 3.8) is 0 Å². The normalized spacial score (nSPS) is 19.4. The Labute approximate surface area is 139 Å². The molecule has 132 valence electrons. The quantitative estimate of drug-likeness (QED) is 0.859. The molecule has 2 rings (SSSR count). The largest absolute Gasteiger partial charge is 0.494 e. The number of rotatable bonds is 3. The molecular formula is C16H21BF3NO3. The van der Waals surface area contributed by atoms with Gasteiger partial charge >= 0.3 is 13.3 Å². The molecule has 0 radical (unpaired) electrons. The summed E-state index contributed by atoms with van der Waals surface area (Å²) in [6, 6.07) is 4.82. The molecule has 1 amide bonds. The van der Waals surface area contributed by atoms with E-state index < -0.39 is 36.9 Å². The number of alkyl halides is 3. The zero-order valence-corrected chi connectivity index (χ0v) is 14.4. The van der Waals surface area contributed by atoms with Crippen LogP contribution in [0.1, 0.15) is 43.6 Å². The van der Waals surface area contributed by atoms with Crippen LogP contribution in [0.15, 0.2) is 18.2 Å². The first-order chi connectivity index (χ1) is 10.8. The Balaban J connectivity index is 2.15. The maximum absolute atomic E-state index is 12.2. The summed E-state index contributed by atoms with van der Waals surface area (Å²) in [5.74, 6) is -0.759. The van der Waals surface area contributed by atoms with Crippen LogP contribution in [0.4, 0.5) is 13.2 Å². The Kier molecular flexibility index (Phi) is 4.76. The highest BCUT2D eigenvalue weighted by molar-refractivity contribution is 6.62. The topological polar surface area (TPSA) is 47.6 Å². The van der Waals surface area contributed by atoms with Crippen LogP contribution in [0.2, 0.25) is 0 Å². The van der Waals surface area contributed by atoms with Gasteiger partial charge in [0, 0.05) is 5.56 Å². The van der Waals surface area contributed by atoms with E-state index >= 15 is 0 Å². The number of hydrogen-bond donors (Lipinski definition) is 1. The number of halogens is 3. The van der Waals surface area contributed by atoms with Crippen molar-refractivity contribution < 1.29 is 27.3 Å². The Morgan fingerprint density at radius 2 is 1.71 bits per heavy atom. The third kappa shape index (κ3) is 3.92. The molecule has 0 saturated carbocycles. The van der Waals surface area contributed by atoms with Crippen molar-refractivity contribution in [3.8, 4) is 0 Å². The molecule has 4 nitrogen and oxygen atoms in total. The van der Waals surface area contributed by atoms with E-state index in [9.17, 15) is 18.0 Å². The van der Waals surface area contributed by atoms with E-state index in [-0.39, 0.29) is 5.56 Å². The highest BCUT2D eigenvalue weighted by Crippen LogP contribution is 2.36. The van der Waals surface area contributed by atoms with Gasteiger partial charge in [-0.3, -0.25) is 4.79 Å². The van der Waals surface area contributed by atoms with E-state index in [0.717, 1.165) is 5.46 Å². The van der Waals surface area contributed by atoms with Crippen LogP contribution in [0.25, 0.3) is 0 Å². The Morgan fingerprint density at radius 1 is 1.17 bits per heavy atom. The van der Waals surface area contributed by atoms with Gasteiger partial charge < -0.3 is 14.6 Å². The number of amides is 1. The van der Waals surface area contributed by atoms with Crippen molar-refractivity contribution in [2.75, 3.05) is 6.54 Å². The van der Waals surface area contributed by atoms with Crippen LogP contribution >= 0.6 is 0 Å². The summed E-state index contributed by atoms with van der Waals surface area (Å²) in [6.07, 6.45) is -4.44. The first kappa shape index (κ1) is 18.8. The number of aryl methyl sites for hydroxylation is 1. The van der Waals surface area contributed by atoms with Gasteiger partial charge in [-0.15, -0.1) is 0 Å². The monoisotopic (exact) mass is 343 g/mol. The number of carbonyl (C=O) groups excluding carboxylic acids is 1. The van der Waals surface area contributed by atoms with Crippen molar-refractivity contribution in [3.05, 3.63) is 29.3 Å². The number of carbonyl (C=O) groups is 1. The molecule has 8 heteroatoms. The second-order valence-electron chi connectivity index (χ2n) is 6.96. The molecule has 0 unspecified atom stereocenters. The standard InChI is InChI=1S/C16H21BF3NO3/c1-10-8-11(17-23-14(2,3)15(4,5)24-17)6-7-12(10)13(22)21-9-16(18,19)20/h6-8H,9H2,1-5H3,(H,21,22). The van der Waals surface area contributed by atoms with Gasteiger partial charge in [0.2, 0.25) is 0 Å². The summed E-state index contributed by atoms with van der Waals surface area (Å²) < 4.78 is 48.4. The van der Waals surface area contributed by atoms with E-state index in [1.54, 1.807) is 19.1 Å². The van der Waals surface area contributed by atoms with Gasteiger partial charge in [0.15, 0.2) is 0 Å². The van der Waals surface area contributed by atoms with Gasteiger partial charge in [0.25, 0.3) is 5.91 Å². The van der Waals surface area contributed by atoms with E-state index in [0.29, 0.717) is 5.56 Å². The second kappa shape index (κ2) is 6.08. The molecular weight excluding hydrogens is 322 g/mol. The molecule has 0 aromatic heterocycles. The van der Waals surface area contributed by atoms with Crippen LogP contribution in [-0.4, -0.2) is 36.9 Å². The molecule has 1 heterocycles. The summed E-state index contributed by atoms with van der Waals surface area (Å²) in [5, 5.41) is 1.87. The predicted molar refractivity (Wildman–Crippen MR) is 85.3 cm³/mol. The Morgan fingerprint density at radius 3 is 2.17 bits per heavy atom. The third-order valence-electron chi connectivity index (χ3n) is 4.47. The molecule has 0 bridgehead atoms. The minimum Gasteiger partial charge on any atom is -0.399 e. The van der Waals surface area contributed by atoms with Gasteiger partial charge in [0.05, 0.1) is 11.2 Å². The summed E-state index contributed by atoms with van der Waals surface area (Å²) in [7, 11) is -0.582. The van der Waals surface area contributed by atoms with Crippen LogP contribution in [-0.2, 0) is 9.31 Å². The number of nitrogens with one attached hydrogen (secondary N) is 1. The first-order valence-electron chi connectivity index (χ1n) is 7.63. The maximum Gasteiger partial charge on any atom is 0.494 e. The van der Waals surface area contributed by atoms with E-state index in [1.807, 2.05) is 33.0 Å². The summed E-state index contributed by atoms with van der Waals surface area (Å²) in [4.78, 5) is 11.9. The van der Waals surface area contributed by atoms with Crippen molar-refractivity contribution in [2.24, 2.45) is 0 Å². The lowest BCUT2D eigenvalue weighted by Crippen LogP contribution is -2.41. The minimum atomic E-state index is -4.44. The molecule has 1 aromatic rings. The molecule has 1 saturated heterocycles. The Bertz CT molecular complexity index is 628. The lowest BCUT2D eigenvalue weighted by molar-refractivity contribution is -0.123. The van der Waals surface area contributed by atoms with Gasteiger partial charge in [0.1, 0.15) is 6.54 Å². The van der Waals surface area contributed by atoms with Gasteiger partial charge in [-0.2, -0.15) is 13.2 Å². The van der Waals surface area contributed by atoms with Crippen molar-refractivity contribution in [2.45, 2.75) is 52.0 Å². The summed E-state index contributed by atoms with van der Waals surface area (Å²) >= 11 is 0. The van der Waals surface area contributed by atoms with E-state index in [4.69, 9.17) is 9.31 Å². The van der Waals surface area contributed by atoms with Crippen LogP contribution in [0.5, 0.6) is 0 Å². The van der Waals surface area contributed by atoms with E-state index in [2.05, 4.69) is 0 Å². The maximum atomic E-state index is 12.2. The second-order valence-corrected chi connectivity index (χ2v) is 6.96. The fourth-order valence-corrected chi connectivity index (χ4v) is 2.34. The highest BCUT2D eigenvalue weighted by Gasteiger charge is 2.51. The minimum absolute atomic E-state index is 0.194. The first-order valence-corrected chi connectivity index (χ1v) is 7.63. The molecule has 1 N–H and O–H groups in total. The number of hydrogen-bond acceptors (Lipinski definition) is 3. The summed E-state index contributed by atoms with van der Waals surface area (Å²) in [5.41, 5.74) is 0.489. The van der Waals surface area contributed by atoms with E-state index in [1.165, 1.54) is 6.07 Å². The molecule has 1 fully saturated rings. The predicted octanol–water partition coefficient (Wildman–Crippen LogP) is 2.59. The lowest BCUT2D eigenvalue weighted by Gasteiger charge is -2.32. The fraction of sp³-hybridized carbons (Fsp3) is 0.562. The number of benzene rings is 1. The Hall–Kier alpha value is -1.54. The average Bonchev–Trinajstić information content (AvgIpc) is 2.64. The smallest absolute Gasteiger partial charge is 0.399 e. The zero-order valence-electron chi connectivity index (χ0n) is 14.4. The molecule has 0 spiro atoms. The van der Waals surface area contributed by atoms with Crippen molar-refractivity contribution >= 4 is 18.5 Å². The SMILES string of the molecule is Cc1cc(B2OC(C)(C)C(C)(C)O2)ccc1C(=O)NCC(F)(F)F. The molecule has 0 aliphatic carbocycles. The van der Waals surface area contributed by atoms with Crippen LogP contribution in [0, 0.1) is 6.92 Å². The third-order valence-corrected chi connectivity index (χ3v) is 4.47. The molecule has 1 aromatic carbocycles. The van der Waals surface area contributed by atoms with Gasteiger partial charge in [-0.05, 0) is 51.7 Å². The van der Waals surface area contributed by atoms with Gasteiger partial charge in [-0.1, -0.05) is 12.1 Å². The fourth-order valence-electron chi connectivity index (χ4n) is 2.34. The molecule has 1 aliphatic rings. The van der Waals surface area contributed by atoms with Crippen LogP contribution < -0.4 is 10.8 Å². The molecule has 24 heavy (non-hydrogen) atoms. The van der Waals surface area contributed by atoms with Crippen molar-refractivity contribution in [1.29, 1.82) is 0 Å². The van der Waals surface area contributed by atoms with Gasteiger partial charge in [-0.25, -0.2) is 0 Å². The molecule has 1 aliphatic heterocycles. The lowest BCUT2D eigenvalue weighted by atomic mass is 9.78. The highest BCUT2D eigenvalue weighted by atomic mass is 19.4. The van der Waals surface area contributed by atoms with Crippen molar-refractivity contribution in [1.82, 2.24) is 5.32 Å².